The van der Waals surface area contributed by atoms with E-state index < -0.39 is 5.60 Å². The Labute approximate surface area is 188 Å². The summed E-state index contributed by atoms with van der Waals surface area (Å²) < 4.78 is 15.0. The van der Waals surface area contributed by atoms with E-state index in [4.69, 9.17) is 0 Å². The van der Waals surface area contributed by atoms with Gasteiger partial charge in [-0.05, 0) is 36.5 Å². The lowest BCUT2D eigenvalue weighted by molar-refractivity contribution is -0.945. The molecule has 1 saturated carbocycles. The van der Waals surface area contributed by atoms with E-state index in [1.807, 2.05) is 10.9 Å². The van der Waals surface area contributed by atoms with Crippen LogP contribution < -0.4 is 10.2 Å². The van der Waals surface area contributed by atoms with E-state index in [2.05, 4.69) is 15.6 Å². The molecule has 172 valence electrons. The largest absolute Gasteiger partial charge is 0.383 e. The number of piperidine rings is 3. The van der Waals surface area contributed by atoms with Gasteiger partial charge in [0.15, 0.2) is 0 Å². The lowest BCUT2D eigenvalue weighted by atomic mass is 9.75. The lowest BCUT2D eigenvalue weighted by Gasteiger charge is -2.46. The smallest absolute Gasteiger partial charge is 0.229 e. The molecule has 7 nitrogen and oxygen atoms in total. The van der Waals surface area contributed by atoms with Gasteiger partial charge in [-0.15, -0.1) is 5.10 Å². The van der Waals surface area contributed by atoms with E-state index in [1.165, 1.54) is 23.5 Å². The molecule has 3 N–H and O–H groups in total. The van der Waals surface area contributed by atoms with Crippen LogP contribution in [-0.4, -0.2) is 45.1 Å². The number of carbonyl (C=O) groups excluding carboxylic acids is 1. The van der Waals surface area contributed by atoms with Gasteiger partial charge in [0.05, 0.1) is 31.7 Å². The second-order valence-corrected chi connectivity index (χ2v) is 9.96. The lowest BCUT2D eigenvalue weighted by Crippen LogP contribution is -3.20. The van der Waals surface area contributed by atoms with Gasteiger partial charge in [-0.25, -0.2) is 9.07 Å². The maximum absolute atomic E-state index is 13.1. The van der Waals surface area contributed by atoms with E-state index >= 15 is 0 Å². The molecule has 2 aromatic rings. The minimum Gasteiger partial charge on any atom is -0.383 e. The minimum atomic E-state index is -0.817. The summed E-state index contributed by atoms with van der Waals surface area (Å²) >= 11 is 0. The van der Waals surface area contributed by atoms with Gasteiger partial charge in [0.25, 0.3) is 0 Å². The number of hydrogen-bond acceptors (Lipinski definition) is 4. The molecule has 6 rings (SSSR count). The molecule has 1 amide bonds. The first-order valence-electron chi connectivity index (χ1n) is 12.0. The number of aliphatic hydroxyl groups is 1. The molecule has 0 radical (unpaired) electrons. The first-order valence-corrected chi connectivity index (χ1v) is 12.0. The zero-order valence-electron chi connectivity index (χ0n) is 18.5. The van der Waals surface area contributed by atoms with Crippen LogP contribution in [0, 0.1) is 17.7 Å². The number of benzene rings is 1. The second-order valence-electron chi connectivity index (χ2n) is 9.96. The maximum atomic E-state index is 13.1. The van der Waals surface area contributed by atoms with Crippen LogP contribution in [0.2, 0.25) is 0 Å². The van der Waals surface area contributed by atoms with Crippen LogP contribution >= 0.6 is 0 Å². The number of aromatic nitrogens is 3. The number of carbonyl (C=O) groups is 1. The topological polar surface area (TPSA) is 84.5 Å². The SMILES string of the molecule is O=C(NCc1ccc(F)cc1)[C@H]1C[NH+]2CC[C@@H]1C[C@@H]2Cn1cc(C2(O)CCCCC2)nn1. The van der Waals surface area contributed by atoms with E-state index in [1.54, 1.807) is 12.1 Å². The molecule has 1 aromatic carbocycles. The molecule has 1 aliphatic carbocycles. The Balaban J connectivity index is 1.16. The fourth-order valence-corrected chi connectivity index (χ4v) is 5.96. The molecule has 4 fully saturated rings. The van der Waals surface area contributed by atoms with Gasteiger partial charge in [0.2, 0.25) is 5.91 Å². The van der Waals surface area contributed by atoms with Crippen LogP contribution in [0.4, 0.5) is 4.39 Å². The molecule has 1 aromatic heterocycles. The van der Waals surface area contributed by atoms with Gasteiger partial charge < -0.3 is 15.3 Å². The van der Waals surface area contributed by atoms with Crippen LogP contribution in [0.3, 0.4) is 0 Å². The first-order chi connectivity index (χ1) is 15.5. The molecule has 32 heavy (non-hydrogen) atoms. The van der Waals surface area contributed by atoms with Crippen molar-refractivity contribution < 1.29 is 19.2 Å². The van der Waals surface area contributed by atoms with E-state index in [-0.39, 0.29) is 17.6 Å². The Kier molecular flexibility index (Phi) is 5.99. The Bertz CT molecular complexity index is 940. The summed E-state index contributed by atoms with van der Waals surface area (Å²) in [6.45, 7) is 3.14. The number of quaternary nitrogens is 1. The molecule has 8 heteroatoms. The Morgan fingerprint density at radius 2 is 2.03 bits per heavy atom. The number of fused-ring (bicyclic) bond motifs is 3. The molecular weight excluding hydrogens is 409 g/mol. The molecule has 4 aliphatic rings. The van der Waals surface area contributed by atoms with Crippen LogP contribution in [0.25, 0.3) is 0 Å². The van der Waals surface area contributed by atoms with Gasteiger partial charge in [0, 0.05) is 19.4 Å². The van der Waals surface area contributed by atoms with Gasteiger partial charge in [-0.1, -0.05) is 36.6 Å². The monoisotopic (exact) mass is 442 g/mol. The van der Waals surface area contributed by atoms with Crippen molar-refractivity contribution in [1.82, 2.24) is 20.3 Å². The van der Waals surface area contributed by atoms with E-state index in [0.717, 1.165) is 63.7 Å². The fourth-order valence-electron chi connectivity index (χ4n) is 5.96. The molecule has 4 heterocycles. The van der Waals surface area contributed by atoms with Crippen LogP contribution in [0.1, 0.15) is 56.2 Å². The highest BCUT2D eigenvalue weighted by Crippen LogP contribution is 2.35. The van der Waals surface area contributed by atoms with Crippen molar-refractivity contribution in [3.8, 4) is 0 Å². The number of rotatable bonds is 6. The Morgan fingerprint density at radius 3 is 2.75 bits per heavy atom. The first kappa shape index (κ1) is 21.5. The highest BCUT2D eigenvalue weighted by molar-refractivity contribution is 5.79. The standard InChI is InChI=1S/C24H32FN5O2/c25-19-6-4-17(5-7-19)13-26-23(31)21-15-29-11-8-18(21)12-20(29)14-30-16-22(27-28-30)24(32)9-2-1-3-10-24/h4-7,16,18,20-21,32H,1-3,8-15H2,(H,26,31)/p+1/t18-,20-,21+/m1/s1. The summed E-state index contributed by atoms with van der Waals surface area (Å²) in [5.41, 5.74) is 0.803. The van der Waals surface area contributed by atoms with Crippen LogP contribution in [0.15, 0.2) is 30.5 Å². The summed E-state index contributed by atoms with van der Waals surface area (Å²) in [6, 6.07) is 6.69. The number of amides is 1. The summed E-state index contributed by atoms with van der Waals surface area (Å²) in [6.07, 6.45) is 8.79. The second kappa shape index (κ2) is 8.90. The third-order valence-electron chi connectivity index (χ3n) is 7.87. The molecular formula is C24H33FN5O2+. The average Bonchev–Trinajstić information content (AvgIpc) is 3.29. The van der Waals surface area contributed by atoms with Crippen molar-refractivity contribution in [2.24, 2.45) is 11.8 Å². The van der Waals surface area contributed by atoms with Gasteiger partial charge >= 0.3 is 0 Å². The maximum Gasteiger partial charge on any atom is 0.229 e. The predicted molar refractivity (Wildman–Crippen MR) is 116 cm³/mol. The molecule has 2 bridgehead atoms. The number of hydrogen-bond donors (Lipinski definition) is 3. The molecule has 0 spiro atoms. The molecule has 1 unspecified atom stereocenters. The van der Waals surface area contributed by atoms with Crippen molar-refractivity contribution in [2.75, 3.05) is 13.1 Å². The summed E-state index contributed by atoms with van der Waals surface area (Å²) in [4.78, 5) is 14.3. The Morgan fingerprint density at radius 1 is 1.25 bits per heavy atom. The molecule has 4 atom stereocenters. The summed E-state index contributed by atoms with van der Waals surface area (Å²) in [5, 5.41) is 22.6. The zero-order valence-corrected chi connectivity index (χ0v) is 18.5. The normalized spacial score (nSPS) is 29.1. The fraction of sp³-hybridized carbons (Fsp3) is 0.625. The van der Waals surface area contributed by atoms with Crippen LogP contribution in [0.5, 0.6) is 0 Å². The van der Waals surface area contributed by atoms with Crippen molar-refractivity contribution in [3.05, 3.63) is 47.5 Å². The third-order valence-corrected chi connectivity index (χ3v) is 7.87. The predicted octanol–water partition coefficient (Wildman–Crippen LogP) is 1.18. The van der Waals surface area contributed by atoms with E-state index in [9.17, 15) is 14.3 Å². The number of nitrogens with one attached hydrogen (secondary N) is 2. The summed E-state index contributed by atoms with van der Waals surface area (Å²) in [5.74, 6) is 0.262. The third kappa shape index (κ3) is 4.43. The van der Waals surface area contributed by atoms with Gasteiger partial charge in [-0.2, -0.15) is 0 Å². The van der Waals surface area contributed by atoms with Crippen molar-refractivity contribution in [3.63, 3.8) is 0 Å². The molecule has 3 aliphatic heterocycles. The van der Waals surface area contributed by atoms with E-state index in [0.29, 0.717) is 24.2 Å². The van der Waals surface area contributed by atoms with Crippen molar-refractivity contribution in [2.45, 2.75) is 69.7 Å². The van der Waals surface area contributed by atoms with Gasteiger partial charge in [0.1, 0.15) is 23.2 Å². The van der Waals surface area contributed by atoms with Gasteiger partial charge in [-0.3, -0.25) is 4.79 Å². The van der Waals surface area contributed by atoms with Crippen LogP contribution in [-0.2, 0) is 23.5 Å². The highest BCUT2D eigenvalue weighted by atomic mass is 19.1. The average molecular weight is 443 g/mol. The quantitative estimate of drug-likeness (QED) is 0.627. The number of halogens is 1. The number of nitrogens with zero attached hydrogens (tertiary/aromatic N) is 3. The van der Waals surface area contributed by atoms with Crippen molar-refractivity contribution >= 4 is 5.91 Å². The van der Waals surface area contributed by atoms with Crippen molar-refractivity contribution in [1.29, 1.82) is 0 Å². The minimum absolute atomic E-state index is 0.0321. The Hall–Kier alpha value is -2.32. The molecule has 3 saturated heterocycles. The highest BCUT2D eigenvalue weighted by Gasteiger charge is 2.46. The summed E-state index contributed by atoms with van der Waals surface area (Å²) in [7, 11) is 0. The zero-order chi connectivity index (χ0) is 22.1.